The summed E-state index contributed by atoms with van der Waals surface area (Å²) in [4.78, 5) is 11.7. The molecule has 2 rings (SSSR count). The van der Waals surface area contributed by atoms with E-state index < -0.39 is 6.04 Å². The minimum Gasteiger partial charge on any atom is -0.497 e. The van der Waals surface area contributed by atoms with Crippen LogP contribution in [0.2, 0.25) is 0 Å². The molecule has 4 heteroatoms. The SMILES string of the molecule is COc1ccc(CC[C@@H](C)N[C@@H](C(N)=O)c2ccccc2)cc1. The van der Waals surface area contributed by atoms with Gasteiger partial charge in [0.15, 0.2) is 0 Å². The molecule has 3 N–H and O–H groups in total. The van der Waals surface area contributed by atoms with Gasteiger partial charge in [0.05, 0.1) is 7.11 Å². The smallest absolute Gasteiger partial charge is 0.239 e. The van der Waals surface area contributed by atoms with E-state index in [2.05, 4.69) is 24.4 Å². The Bertz CT molecular complexity index is 611. The van der Waals surface area contributed by atoms with E-state index in [1.165, 1.54) is 5.56 Å². The number of methoxy groups -OCH3 is 1. The number of ether oxygens (including phenoxy) is 1. The molecular weight excluding hydrogens is 288 g/mol. The highest BCUT2D eigenvalue weighted by Crippen LogP contribution is 2.16. The van der Waals surface area contributed by atoms with E-state index in [1.807, 2.05) is 42.5 Å². The second kappa shape index (κ2) is 8.34. The number of primary amides is 1. The van der Waals surface area contributed by atoms with Crippen LogP contribution in [0.25, 0.3) is 0 Å². The normalized spacial score (nSPS) is 13.3. The summed E-state index contributed by atoms with van der Waals surface area (Å²) in [5.74, 6) is 0.505. The Kier molecular flexibility index (Phi) is 6.18. The molecule has 0 saturated carbocycles. The van der Waals surface area contributed by atoms with Crippen LogP contribution < -0.4 is 15.8 Å². The highest BCUT2D eigenvalue weighted by molar-refractivity contribution is 5.81. The maximum Gasteiger partial charge on any atom is 0.239 e. The van der Waals surface area contributed by atoms with Crippen molar-refractivity contribution in [2.45, 2.75) is 31.8 Å². The molecule has 4 nitrogen and oxygen atoms in total. The summed E-state index contributed by atoms with van der Waals surface area (Å²) in [5, 5.41) is 3.33. The first-order chi connectivity index (χ1) is 11.1. The summed E-state index contributed by atoms with van der Waals surface area (Å²) in [6.45, 7) is 2.07. The number of benzene rings is 2. The van der Waals surface area contributed by atoms with E-state index in [9.17, 15) is 4.79 Å². The zero-order chi connectivity index (χ0) is 16.7. The predicted molar refractivity (Wildman–Crippen MR) is 92.3 cm³/mol. The molecule has 0 saturated heterocycles. The number of carbonyl (C=O) groups is 1. The van der Waals surface area contributed by atoms with Crippen molar-refractivity contribution in [2.75, 3.05) is 7.11 Å². The van der Waals surface area contributed by atoms with Crippen LogP contribution in [0.4, 0.5) is 0 Å². The predicted octanol–water partition coefficient (Wildman–Crippen LogP) is 2.83. The van der Waals surface area contributed by atoms with Crippen LogP contribution >= 0.6 is 0 Å². The Morgan fingerprint density at radius 3 is 2.35 bits per heavy atom. The molecule has 1 amide bonds. The van der Waals surface area contributed by atoms with Gasteiger partial charge in [0.25, 0.3) is 0 Å². The quantitative estimate of drug-likeness (QED) is 0.788. The van der Waals surface area contributed by atoms with E-state index in [0.29, 0.717) is 0 Å². The number of hydrogen-bond donors (Lipinski definition) is 2. The Morgan fingerprint density at radius 1 is 1.13 bits per heavy atom. The Balaban J connectivity index is 1.91. The van der Waals surface area contributed by atoms with Gasteiger partial charge in [-0.05, 0) is 43.0 Å². The van der Waals surface area contributed by atoms with Crippen molar-refractivity contribution in [1.82, 2.24) is 5.32 Å². The molecule has 23 heavy (non-hydrogen) atoms. The molecule has 2 aromatic rings. The number of aryl methyl sites for hydroxylation is 1. The molecule has 2 aromatic carbocycles. The van der Waals surface area contributed by atoms with Gasteiger partial charge in [-0.25, -0.2) is 0 Å². The van der Waals surface area contributed by atoms with Crippen molar-refractivity contribution in [3.05, 3.63) is 65.7 Å². The van der Waals surface area contributed by atoms with E-state index in [4.69, 9.17) is 10.5 Å². The first-order valence-corrected chi connectivity index (χ1v) is 7.83. The first-order valence-electron chi connectivity index (χ1n) is 7.83. The molecule has 0 unspecified atom stereocenters. The van der Waals surface area contributed by atoms with Gasteiger partial charge < -0.3 is 10.5 Å². The van der Waals surface area contributed by atoms with E-state index in [0.717, 1.165) is 24.2 Å². The molecule has 0 bridgehead atoms. The number of rotatable bonds is 8. The monoisotopic (exact) mass is 312 g/mol. The van der Waals surface area contributed by atoms with Crippen molar-refractivity contribution < 1.29 is 9.53 Å². The first kappa shape index (κ1) is 17.0. The number of carbonyl (C=O) groups excluding carboxylic acids is 1. The summed E-state index contributed by atoms with van der Waals surface area (Å²) in [5.41, 5.74) is 7.69. The molecule has 0 radical (unpaired) electrons. The molecule has 0 fully saturated rings. The second-order valence-corrected chi connectivity index (χ2v) is 5.70. The summed E-state index contributed by atoms with van der Waals surface area (Å²) < 4.78 is 5.16. The summed E-state index contributed by atoms with van der Waals surface area (Å²) in [6, 6.07) is 17.3. The number of nitrogens with one attached hydrogen (secondary N) is 1. The standard InChI is InChI=1S/C19H24N2O2/c1-14(8-9-15-10-12-17(23-2)13-11-15)21-18(19(20)22)16-6-4-3-5-7-16/h3-7,10-14,18,21H,8-9H2,1-2H3,(H2,20,22)/t14-,18-/m1/s1. The zero-order valence-corrected chi connectivity index (χ0v) is 13.7. The molecule has 122 valence electrons. The largest absolute Gasteiger partial charge is 0.497 e. The van der Waals surface area contributed by atoms with Gasteiger partial charge in [-0.1, -0.05) is 42.5 Å². The summed E-state index contributed by atoms with van der Waals surface area (Å²) in [6.07, 6.45) is 1.85. The average Bonchev–Trinajstić information content (AvgIpc) is 2.58. The van der Waals surface area contributed by atoms with Gasteiger partial charge in [0.2, 0.25) is 5.91 Å². The van der Waals surface area contributed by atoms with Crippen molar-refractivity contribution in [3.8, 4) is 5.75 Å². The maximum absolute atomic E-state index is 11.7. The fourth-order valence-corrected chi connectivity index (χ4v) is 2.53. The van der Waals surface area contributed by atoms with Gasteiger partial charge >= 0.3 is 0 Å². The van der Waals surface area contributed by atoms with Crippen LogP contribution in [0.15, 0.2) is 54.6 Å². The average molecular weight is 312 g/mol. The van der Waals surface area contributed by atoms with Crippen molar-refractivity contribution >= 4 is 5.91 Å². The fraction of sp³-hybridized carbons (Fsp3) is 0.316. The van der Waals surface area contributed by atoms with Crippen LogP contribution in [0.5, 0.6) is 5.75 Å². The van der Waals surface area contributed by atoms with Gasteiger partial charge in [0, 0.05) is 6.04 Å². The summed E-state index contributed by atoms with van der Waals surface area (Å²) >= 11 is 0. The maximum atomic E-state index is 11.7. The van der Waals surface area contributed by atoms with Crippen molar-refractivity contribution in [2.24, 2.45) is 5.73 Å². The molecule has 0 aromatic heterocycles. The third kappa shape index (κ3) is 5.11. The number of nitrogens with two attached hydrogens (primary N) is 1. The zero-order valence-electron chi connectivity index (χ0n) is 13.7. The van der Waals surface area contributed by atoms with Gasteiger partial charge in [-0.15, -0.1) is 0 Å². The molecule has 0 spiro atoms. The molecule has 0 aliphatic heterocycles. The topological polar surface area (TPSA) is 64.3 Å². The van der Waals surface area contributed by atoms with E-state index in [-0.39, 0.29) is 11.9 Å². The third-order valence-electron chi connectivity index (χ3n) is 3.89. The lowest BCUT2D eigenvalue weighted by atomic mass is 10.0. The molecule has 0 aliphatic rings. The minimum atomic E-state index is -0.456. The molecular formula is C19H24N2O2. The van der Waals surface area contributed by atoms with Crippen LogP contribution in [0, 0.1) is 0 Å². The number of amides is 1. The van der Waals surface area contributed by atoms with Gasteiger partial charge in [0.1, 0.15) is 11.8 Å². The molecule has 0 heterocycles. The highest BCUT2D eigenvalue weighted by Gasteiger charge is 2.19. The fourth-order valence-electron chi connectivity index (χ4n) is 2.53. The van der Waals surface area contributed by atoms with Crippen molar-refractivity contribution in [1.29, 1.82) is 0 Å². The third-order valence-corrected chi connectivity index (χ3v) is 3.89. The highest BCUT2D eigenvalue weighted by atomic mass is 16.5. The number of hydrogen-bond acceptors (Lipinski definition) is 3. The Morgan fingerprint density at radius 2 is 1.78 bits per heavy atom. The lowest BCUT2D eigenvalue weighted by molar-refractivity contribution is -0.120. The lowest BCUT2D eigenvalue weighted by Crippen LogP contribution is -2.38. The lowest BCUT2D eigenvalue weighted by Gasteiger charge is -2.21. The van der Waals surface area contributed by atoms with E-state index in [1.54, 1.807) is 7.11 Å². The van der Waals surface area contributed by atoms with Gasteiger partial charge in [-0.2, -0.15) is 0 Å². The molecule has 2 atom stereocenters. The van der Waals surface area contributed by atoms with Gasteiger partial charge in [-0.3, -0.25) is 10.1 Å². The molecule has 0 aliphatic carbocycles. The van der Waals surface area contributed by atoms with Crippen LogP contribution in [-0.4, -0.2) is 19.1 Å². The van der Waals surface area contributed by atoms with Crippen LogP contribution in [0.3, 0.4) is 0 Å². The van der Waals surface area contributed by atoms with Crippen molar-refractivity contribution in [3.63, 3.8) is 0 Å². The van der Waals surface area contributed by atoms with Crippen LogP contribution in [-0.2, 0) is 11.2 Å². The van der Waals surface area contributed by atoms with Crippen LogP contribution in [0.1, 0.15) is 30.5 Å². The Hall–Kier alpha value is -2.33. The Labute approximate surface area is 137 Å². The second-order valence-electron chi connectivity index (χ2n) is 5.70. The summed E-state index contributed by atoms with van der Waals surface area (Å²) in [7, 11) is 1.66. The minimum absolute atomic E-state index is 0.176. The van der Waals surface area contributed by atoms with E-state index >= 15 is 0 Å².